The van der Waals surface area contributed by atoms with Crippen LogP contribution in [0.25, 0.3) is 0 Å². The van der Waals surface area contributed by atoms with Crippen molar-refractivity contribution in [2.75, 3.05) is 13.7 Å². The normalized spacial score (nSPS) is 15.0. The summed E-state index contributed by atoms with van der Waals surface area (Å²) >= 11 is 0. The van der Waals surface area contributed by atoms with Gasteiger partial charge in [-0.15, -0.1) is 6.42 Å². The summed E-state index contributed by atoms with van der Waals surface area (Å²) in [4.78, 5) is 11.5. The molecule has 0 saturated carbocycles. The first-order valence-corrected chi connectivity index (χ1v) is 9.48. The van der Waals surface area contributed by atoms with Crippen LogP contribution in [0.1, 0.15) is 25.0 Å². The highest BCUT2D eigenvalue weighted by Crippen LogP contribution is 2.25. The highest BCUT2D eigenvalue weighted by atomic mass is 16.6. The van der Waals surface area contributed by atoms with E-state index < -0.39 is 23.8 Å². The average molecular weight is 396 g/mol. The van der Waals surface area contributed by atoms with Gasteiger partial charge in [0, 0.05) is 14.0 Å². The Labute approximate surface area is 172 Å². The fourth-order valence-electron chi connectivity index (χ4n) is 3.07. The van der Waals surface area contributed by atoms with Crippen LogP contribution < -0.4 is 0 Å². The van der Waals surface area contributed by atoms with Gasteiger partial charge in [-0.05, 0) is 18.1 Å². The number of methoxy groups -OCH3 is 1. The fourth-order valence-corrected chi connectivity index (χ4v) is 3.07. The molecule has 0 saturated heterocycles. The largest absolute Gasteiger partial charge is 0.460 e. The fraction of sp³-hybridized carbons (Fsp3) is 0.375. The molecule has 5 nitrogen and oxygen atoms in total. The third-order valence-electron chi connectivity index (χ3n) is 4.55. The lowest BCUT2D eigenvalue weighted by atomic mass is 9.93. The molecule has 0 radical (unpaired) electrons. The third kappa shape index (κ3) is 6.72. The first kappa shape index (κ1) is 22.6. The van der Waals surface area contributed by atoms with E-state index in [1.165, 1.54) is 14.0 Å². The summed E-state index contributed by atoms with van der Waals surface area (Å²) in [5.74, 6) is 2.26. The minimum Gasteiger partial charge on any atom is -0.460 e. The minimum absolute atomic E-state index is 0.0833. The molecule has 0 heterocycles. The van der Waals surface area contributed by atoms with Gasteiger partial charge in [0.05, 0.1) is 19.8 Å². The summed E-state index contributed by atoms with van der Waals surface area (Å²) in [5.41, 5.74) is 0.766. The number of benzene rings is 2. The number of carbonyl (C=O) groups is 1. The van der Waals surface area contributed by atoms with Gasteiger partial charge in [-0.2, -0.15) is 0 Å². The lowest BCUT2D eigenvalue weighted by molar-refractivity contribution is -0.186. The van der Waals surface area contributed by atoms with Crippen LogP contribution in [-0.4, -0.2) is 37.5 Å². The third-order valence-corrected chi connectivity index (χ3v) is 4.55. The molecule has 0 N–H and O–H groups in total. The van der Waals surface area contributed by atoms with E-state index in [9.17, 15) is 4.79 Å². The number of esters is 1. The van der Waals surface area contributed by atoms with Gasteiger partial charge in [-0.3, -0.25) is 4.79 Å². The maximum atomic E-state index is 11.5. The molecule has 0 spiro atoms. The van der Waals surface area contributed by atoms with Crippen LogP contribution in [0, 0.1) is 12.3 Å². The van der Waals surface area contributed by atoms with Crippen LogP contribution in [-0.2, 0) is 37.0 Å². The number of rotatable bonds is 11. The first-order chi connectivity index (χ1) is 14.0. The SMILES string of the molecule is C#C[C@](COCc1ccccc1)(OC)C(OCc1ccccc1)[C@@H](C)OC(C)=O. The van der Waals surface area contributed by atoms with Crippen LogP contribution >= 0.6 is 0 Å². The summed E-state index contributed by atoms with van der Waals surface area (Å²) in [7, 11) is 1.51. The molecule has 0 fully saturated rings. The average Bonchev–Trinajstić information content (AvgIpc) is 2.73. The molecule has 0 aromatic heterocycles. The zero-order valence-corrected chi connectivity index (χ0v) is 17.2. The summed E-state index contributed by atoms with van der Waals surface area (Å²) in [6.45, 7) is 3.84. The Morgan fingerprint density at radius 2 is 1.59 bits per heavy atom. The van der Waals surface area contributed by atoms with Gasteiger partial charge in [-0.1, -0.05) is 66.6 Å². The van der Waals surface area contributed by atoms with E-state index in [2.05, 4.69) is 5.92 Å². The standard InChI is InChI=1S/C24H28O5/c1-5-24(26-4,18-27-16-21-12-8-6-9-13-21)23(19(2)29-20(3)25)28-17-22-14-10-7-11-15-22/h1,6-15,19,23H,16-18H2,2-4H3/t19-,23?,24-/m1/s1. The first-order valence-electron chi connectivity index (χ1n) is 9.48. The van der Waals surface area contributed by atoms with Crippen molar-refractivity contribution >= 4 is 5.97 Å². The van der Waals surface area contributed by atoms with E-state index in [-0.39, 0.29) is 6.61 Å². The van der Waals surface area contributed by atoms with Gasteiger partial charge < -0.3 is 18.9 Å². The van der Waals surface area contributed by atoms with Crippen molar-refractivity contribution in [3.63, 3.8) is 0 Å². The molecule has 0 amide bonds. The van der Waals surface area contributed by atoms with Gasteiger partial charge in [0.25, 0.3) is 0 Å². The number of ether oxygens (including phenoxy) is 4. The monoisotopic (exact) mass is 396 g/mol. The Bertz CT molecular complexity index is 784. The van der Waals surface area contributed by atoms with Crippen LogP contribution in [0.2, 0.25) is 0 Å². The summed E-state index contributed by atoms with van der Waals surface area (Å²) in [6, 6.07) is 19.4. The van der Waals surface area contributed by atoms with Crippen LogP contribution in [0.15, 0.2) is 60.7 Å². The van der Waals surface area contributed by atoms with Gasteiger partial charge >= 0.3 is 5.97 Å². The summed E-state index contributed by atoms with van der Waals surface area (Å²) in [5, 5.41) is 0. The Kier molecular flexibility index (Phi) is 8.88. The molecule has 0 aliphatic heterocycles. The molecule has 2 aromatic rings. The van der Waals surface area contributed by atoms with Crippen molar-refractivity contribution in [2.24, 2.45) is 0 Å². The Balaban J connectivity index is 2.16. The zero-order valence-electron chi connectivity index (χ0n) is 17.2. The second-order valence-electron chi connectivity index (χ2n) is 6.75. The Hall–Kier alpha value is -2.65. The van der Waals surface area contributed by atoms with E-state index in [0.29, 0.717) is 13.2 Å². The van der Waals surface area contributed by atoms with Crippen molar-refractivity contribution in [3.8, 4) is 12.3 Å². The predicted octanol–water partition coefficient (Wildman–Crippen LogP) is 3.76. The molecular weight excluding hydrogens is 368 g/mol. The maximum Gasteiger partial charge on any atom is 0.302 e. The topological polar surface area (TPSA) is 54.0 Å². The molecule has 5 heteroatoms. The van der Waals surface area contributed by atoms with E-state index in [4.69, 9.17) is 25.4 Å². The van der Waals surface area contributed by atoms with Crippen molar-refractivity contribution in [3.05, 3.63) is 71.8 Å². The highest BCUT2D eigenvalue weighted by Gasteiger charge is 2.44. The number of carbonyl (C=O) groups excluding carboxylic acids is 1. The number of hydrogen-bond donors (Lipinski definition) is 0. The van der Waals surface area contributed by atoms with E-state index in [0.717, 1.165) is 11.1 Å². The predicted molar refractivity (Wildman–Crippen MR) is 111 cm³/mol. The molecule has 154 valence electrons. The quantitative estimate of drug-likeness (QED) is 0.428. The maximum absolute atomic E-state index is 11.5. The second-order valence-corrected chi connectivity index (χ2v) is 6.75. The Morgan fingerprint density at radius 1 is 1.03 bits per heavy atom. The lowest BCUT2D eigenvalue weighted by Gasteiger charge is -2.37. The van der Waals surface area contributed by atoms with E-state index in [1.54, 1.807) is 6.92 Å². The van der Waals surface area contributed by atoms with Crippen LogP contribution in [0.5, 0.6) is 0 Å². The van der Waals surface area contributed by atoms with Crippen molar-refractivity contribution < 1.29 is 23.7 Å². The molecule has 29 heavy (non-hydrogen) atoms. The summed E-state index contributed by atoms with van der Waals surface area (Å²) < 4.78 is 23.1. The number of hydrogen-bond acceptors (Lipinski definition) is 5. The smallest absolute Gasteiger partial charge is 0.302 e. The minimum atomic E-state index is -1.22. The molecule has 2 rings (SSSR count). The highest BCUT2D eigenvalue weighted by molar-refractivity contribution is 5.66. The van der Waals surface area contributed by atoms with Crippen LogP contribution in [0.4, 0.5) is 0 Å². The molecule has 0 aliphatic rings. The zero-order chi connectivity index (χ0) is 21.1. The molecule has 3 atom stereocenters. The second kappa shape index (κ2) is 11.4. The van der Waals surface area contributed by atoms with Crippen molar-refractivity contribution in [2.45, 2.75) is 44.9 Å². The van der Waals surface area contributed by atoms with E-state index in [1.807, 2.05) is 60.7 Å². The Morgan fingerprint density at radius 3 is 2.07 bits per heavy atom. The van der Waals surface area contributed by atoms with E-state index >= 15 is 0 Å². The lowest BCUT2D eigenvalue weighted by Crippen LogP contribution is -2.54. The molecule has 0 bridgehead atoms. The molecule has 2 aromatic carbocycles. The van der Waals surface area contributed by atoms with Crippen molar-refractivity contribution in [1.82, 2.24) is 0 Å². The molecule has 0 aliphatic carbocycles. The van der Waals surface area contributed by atoms with Crippen LogP contribution in [0.3, 0.4) is 0 Å². The van der Waals surface area contributed by atoms with Gasteiger partial charge in [0.1, 0.15) is 12.2 Å². The van der Waals surface area contributed by atoms with Crippen molar-refractivity contribution in [1.29, 1.82) is 0 Å². The van der Waals surface area contributed by atoms with Gasteiger partial charge in [-0.25, -0.2) is 0 Å². The molecular formula is C24H28O5. The molecule has 1 unspecified atom stereocenters. The van der Waals surface area contributed by atoms with Gasteiger partial charge in [0.2, 0.25) is 0 Å². The summed E-state index contributed by atoms with van der Waals surface area (Å²) in [6.07, 6.45) is 4.50. The number of terminal acetylenes is 1. The van der Waals surface area contributed by atoms with Gasteiger partial charge in [0.15, 0.2) is 5.60 Å².